The van der Waals surface area contributed by atoms with Crippen LogP contribution in [0.1, 0.15) is 45.2 Å². The molecule has 19 heavy (non-hydrogen) atoms. The Labute approximate surface area is 122 Å². The molecule has 1 atom stereocenters. The van der Waals surface area contributed by atoms with Crippen molar-refractivity contribution in [2.24, 2.45) is 5.41 Å². The highest BCUT2D eigenvalue weighted by atomic mass is 32.2. The zero-order valence-electron chi connectivity index (χ0n) is 12.6. The molecular weight excluding hydrogens is 254 g/mol. The van der Waals surface area contributed by atoms with Crippen molar-refractivity contribution in [3.63, 3.8) is 0 Å². The van der Waals surface area contributed by atoms with Gasteiger partial charge in [0.1, 0.15) is 0 Å². The molecule has 0 aliphatic carbocycles. The quantitative estimate of drug-likeness (QED) is 0.710. The molecule has 0 spiro atoms. The lowest BCUT2D eigenvalue weighted by molar-refractivity contribution is 0.110. The van der Waals surface area contributed by atoms with Crippen molar-refractivity contribution in [3.05, 3.63) is 29.8 Å². The van der Waals surface area contributed by atoms with Gasteiger partial charge in [-0.05, 0) is 43.7 Å². The summed E-state index contributed by atoms with van der Waals surface area (Å²) in [4.78, 5) is 1.29. The van der Waals surface area contributed by atoms with Gasteiger partial charge in [-0.3, -0.25) is 0 Å². The van der Waals surface area contributed by atoms with Crippen molar-refractivity contribution in [2.45, 2.75) is 44.6 Å². The Balaban J connectivity index is 2.60. The van der Waals surface area contributed by atoms with Crippen LogP contribution in [0.2, 0.25) is 0 Å². The second-order valence-corrected chi connectivity index (χ2v) is 6.12. The summed E-state index contributed by atoms with van der Waals surface area (Å²) in [6.45, 7) is 7.60. The average Bonchev–Trinajstić information content (AvgIpc) is 2.49. The fourth-order valence-electron chi connectivity index (χ4n) is 2.16. The molecule has 0 bridgehead atoms. The first-order chi connectivity index (χ1) is 9.10. The lowest BCUT2D eigenvalue weighted by atomic mass is 9.83. The molecule has 2 N–H and O–H groups in total. The van der Waals surface area contributed by atoms with Gasteiger partial charge < -0.3 is 10.4 Å². The van der Waals surface area contributed by atoms with E-state index in [1.54, 1.807) is 11.8 Å². The Morgan fingerprint density at radius 1 is 1.21 bits per heavy atom. The first-order valence-electron chi connectivity index (χ1n) is 7.09. The van der Waals surface area contributed by atoms with Gasteiger partial charge in [-0.1, -0.05) is 26.0 Å². The van der Waals surface area contributed by atoms with Gasteiger partial charge in [0.15, 0.2) is 0 Å². The molecule has 108 valence electrons. The average molecular weight is 281 g/mol. The number of rotatable bonds is 8. The lowest BCUT2D eigenvalue weighted by Gasteiger charge is -2.31. The van der Waals surface area contributed by atoms with Gasteiger partial charge in [0.2, 0.25) is 0 Å². The largest absolute Gasteiger partial charge is 0.396 e. The molecule has 0 aliphatic rings. The van der Waals surface area contributed by atoms with E-state index < -0.39 is 0 Å². The summed E-state index contributed by atoms with van der Waals surface area (Å²) in [7, 11) is 0. The van der Waals surface area contributed by atoms with Crippen molar-refractivity contribution in [3.8, 4) is 0 Å². The molecule has 1 aromatic rings. The molecule has 3 heteroatoms. The van der Waals surface area contributed by atoms with Crippen molar-refractivity contribution >= 4 is 11.8 Å². The Bertz CT molecular complexity index is 351. The highest BCUT2D eigenvalue weighted by Gasteiger charge is 2.25. The van der Waals surface area contributed by atoms with Gasteiger partial charge in [0.05, 0.1) is 0 Å². The summed E-state index contributed by atoms with van der Waals surface area (Å²) in [6, 6.07) is 9.01. The van der Waals surface area contributed by atoms with Crippen LogP contribution in [0, 0.1) is 5.41 Å². The third kappa shape index (κ3) is 4.51. The molecule has 2 nitrogen and oxygen atoms in total. The predicted molar refractivity (Wildman–Crippen MR) is 84.7 cm³/mol. The van der Waals surface area contributed by atoms with Gasteiger partial charge in [-0.15, -0.1) is 11.8 Å². The van der Waals surface area contributed by atoms with Crippen LogP contribution in [0.25, 0.3) is 0 Å². The first-order valence-corrected chi connectivity index (χ1v) is 8.31. The van der Waals surface area contributed by atoms with Crippen LogP contribution in [0.15, 0.2) is 29.2 Å². The van der Waals surface area contributed by atoms with Gasteiger partial charge in [0.25, 0.3) is 0 Å². The zero-order chi connectivity index (χ0) is 14.3. The molecular formula is C16H27NOS. The van der Waals surface area contributed by atoms with Crippen LogP contribution in [0.5, 0.6) is 0 Å². The van der Waals surface area contributed by atoms with E-state index in [4.69, 9.17) is 0 Å². The molecule has 1 aromatic carbocycles. The maximum absolute atomic E-state index is 9.59. The minimum absolute atomic E-state index is 0.0213. The minimum Gasteiger partial charge on any atom is -0.396 e. The third-order valence-corrected chi connectivity index (χ3v) is 4.98. The normalized spacial score (nSPS) is 13.5. The van der Waals surface area contributed by atoms with E-state index in [9.17, 15) is 5.11 Å². The highest BCUT2D eigenvalue weighted by Crippen LogP contribution is 2.26. The first kappa shape index (κ1) is 16.5. The molecule has 0 heterocycles. The van der Waals surface area contributed by atoms with Crippen LogP contribution in [-0.2, 0) is 0 Å². The van der Waals surface area contributed by atoms with Crippen LogP contribution < -0.4 is 5.32 Å². The molecule has 0 saturated carbocycles. The number of nitrogens with one attached hydrogen (secondary N) is 1. The van der Waals surface area contributed by atoms with E-state index in [2.05, 4.69) is 56.6 Å². The Morgan fingerprint density at radius 2 is 1.79 bits per heavy atom. The van der Waals surface area contributed by atoms with Gasteiger partial charge in [-0.25, -0.2) is 0 Å². The Morgan fingerprint density at radius 3 is 2.21 bits per heavy atom. The molecule has 0 radical (unpaired) electrons. The topological polar surface area (TPSA) is 32.3 Å². The summed E-state index contributed by atoms with van der Waals surface area (Å²) >= 11 is 1.76. The molecule has 0 saturated heterocycles. The molecule has 0 amide bonds. The van der Waals surface area contributed by atoms with Crippen molar-refractivity contribution in [2.75, 3.05) is 19.4 Å². The summed E-state index contributed by atoms with van der Waals surface area (Å²) in [5.74, 6) is 0. The third-order valence-electron chi connectivity index (χ3n) is 4.23. The monoisotopic (exact) mass is 281 g/mol. The zero-order valence-corrected chi connectivity index (χ0v) is 13.4. The fourth-order valence-corrected chi connectivity index (χ4v) is 2.57. The number of benzene rings is 1. The maximum atomic E-state index is 9.59. The van der Waals surface area contributed by atoms with E-state index in [0.29, 0.717) is 6.04 Å². The lowest BCUT2D eigenvalue weighted by Crippen LogP contribution is -2.37. The molecule has 1 unspecified atom stereocenters. The number of aliphatic hydroxyl groups excluding tert-OH is 1. The standard InChI is InChI=1S/C16H27NOS/c1-5-16(6-2,12-18)11-17-13(3)14-7-9-15(19-4)10-8-14/h7-10,13,17-18H,5-6,11-12H2,1-4H3. The van der Waals surface area contributed by atoms with Crippen molar-refractivity contribution in [1.29, 1.82) is 0 Å². The summed E-state index contributed by atoms with van der Waals surface area (Å²) < 4.78 is 0. The number of hydrogen-bond acceptors (Lipinski definition) is 3. The van der Waals surface area contributed by atoms with E-state index in [1.165, 1.54) is 10.5 Å². The second kappa shape index (κ2) is 7.93. The van der Waals surface area contributed by atoms with E-state index in [-0.39, 0.29) is 12.0 Å². The SMILES string of the molecule is CCC(CC)(CO)CNC(C)c1ccc(SC)cc1. The smallest absolute Gasteiger partial charge is 0.0499 e. The van der Waals surface area contributed by atoms with E-state index >= 15 is 0 Å². The fraction of sp³-hybridized carbons (Fsp3) is 0.625. The van der Waals surface area contributed by atoms with Gasteiger partial charge in [-0.2, -0.15) is 0 Å². The molecule has 0 fully saturated rings. The summed E-state index contributed by atoms with van der Waals surface area (Å²) in [5, 5.41) is 13.1. The minimum atomic E-state index is 0.0213. The van der Waals surface area contributed by atoms with Gasteiger partial charge >= 0.3 is 0 Å². The van der Waals surface area contributed by atoms with Crippen LogP contribution in [0.3, 0.4) is 0 Å². The highest BCUT2D eigenvalue weighted by molar-refractivity contribution is 7.98. The number of aliphatic hydroxyl groups is 1. The van der Waals surface area contributed by atoms with Crippen LogP contribution >= 0.6 is 11.8 Å². The van der Waals surface area contributed by atoms with Crippen LogP contribution in [-0.4, -0.2) is 24.5 Å². The summed E-state index contributed by atoms with van der Waals surface area (Å²) in [6.07, 6.45) is 4.10. The number of hydrogen-bond donors (Lipinski definition) is 2. The number of thioether (sulfide) groups is 1. The Kier molecular flexibility index (Phi) is 6.90. The van der Waals surface area contributed by atoms with Crippen molar-refractivity contribution in [1.82, 2.24) is 5.32 Å². The van der Waals surface area contributed by atoms with Gasteiger partial charge in [0, 0.05) is 29.5 Å². The van der Waals surface area contributed by atoms with E-state index in [1.807, 2.05) is 0 Å². The Hall–Kier alpha value is -0.510. The molecule has 0 aliphatic heterocycles. The van der Waals surface area contributed by atoms with Crippen LogP contribution in [0.4, 0.5) is 0 Å². The second-order valence-electron chi connectivity index (χ2n) is 5.24. The van der Waals surface area contributed by atoms with Crippen molar-refractivity contribution < 1.29 is 5.11 Å². The van der Waals surface area contributed by atoms with E-state index in [0.717, 1.165) is 19.4 Å². The predicted octanol–water partition coefficient (Wildman–Crippen LogP) is 3.86. The molecule has 0 aromatic heterocycles. The summed E-state index contributed by atoms with van der Waals surface area (Å²) in [5.41, 5.74) is 1.32. The molecule has 1 rings (SSSR count). The maximum Gasteiger partial charge on any atom is 0.0499 e.